The Morgan fingerprint density at radius 2 is 1.79 bits per heavy atom. The van der Waals surface area contributed by atoms with Crippen molar-refractivity contribution < 1.29 is 22.7 Å². The average molecular weight is 377 g/mol. The lowest BCUT2D eigenvalue weighted by Gasteiger charge is -2.16. The van der Waals surface area contributed by atoms with Crippen molar-refractivity contribution in [3.8, 4) is 0 Å². The van der Waals surface area contributed by atoms with Gasteiger partial charge in [0, 0.05) is 20.1 Å². The highest BCUT2D eigenvalue weighted by Crippen LogP contribution is 2.25. The predicted molar refractivity (Wildman–Crippen MR) is 90.5 cm³/mol. The Balaban J connectivity index is 3.03. The molecule has 0 aliphatic carbocycles. The molecule has 1 atom stereocenters. The number of hydrogen-bond donors (Lipinski definition) is 1. The summed E-state index contributed by atoms with van der Waals surface area (Å²) in [5.74, 6) is -1.25. The Morgan fingerprint density at radius 3 is 2.29 bits per heavy atom. The minimum Gasteiger partial charge on any atom is -0.449 e. The number of nitrogens with zero attached hydrogens (tertiary/aromatic N) is 1. The van der Waals surface area contributed by atoms with Gasteiger partial charge in [-0.05, 0) is 39.0 Å². The first-order chi connectivity index (χ1) is 11.0. The first kappa shape index (κ1) is 20.4. The van der Waals surface area contributed by atoms with Gasteiger partial charge >= 0.3 is 5.97 Å². The maximum atomic E-state index is 12.2. The van der Waals surface area contributed by atoms with Crippen molar-refractivity contribution in [3.05, 3.63) is 28.8 Å². The van der Waals surface area contributed by atoms with Crippen LogP contribution in [0.2, 0.25) is 5.02 Å². The first-order valence-corrected chi connectivity index (χ1v) is 9.02. The second kappa shape index (κ2) is 7.96. The van der Waals surface area contributed by atoms with Crippen molar-refractivity contribution >= 4 is 33.5 Å². The second-order valence-electron chi connectivity index (χ2n) is 5.64. The zero-order valence-electron chi connectivity index (χ0n) is 14.2. The Bertz CT molecular complexity index is 731. The lowest BCUT2D eigenvalue weighted by atomic mass is 10.2. The molecule has 7 nitrogen and oxygen atoms in total. The summed E-state index contributed by atoms with van der Waals surface area (Å²) in [5.41, 5.74) is -0.0102. The predicted octanol–water partition coefficient (Wildman–Crippen LogP) is 1.66. The Hall–Kier alpha value is -1.64. The van der Waals surface area contributed by atoms with Crippen LogP contribution in [0, 0.1) is 0 Å². The van der Waals surface area contributed by atoms with Gasteiger partial charge in [-0.25, -0.2) is 17.5 Å². The molecular formula is C15H21ClN2O5S. The Kier molecular flexibility index (Phi) is 6.76. The van der Waals surface area contributed by atoms with Crippen LogP contribution in [0.1, 0.15) is 31.1 Å². The molecule has 1 aromatic carbocycles. The minimum absolute atomic E-state index is 0.00847. The van der Waals surface area contributed by atoms with Crippen LogP contribution in [0.5, 0.6) is 0 Å². The molecule has 0 spiro atoms. The highest BCUT2D eigenvalue weighted by atomic mass is 35.5. The molecule has 24 heavy (non-hydrogen) atoms. The lowest BCUT2D eigenvalue weighted by Crippen LogP contribution is -2.39. The van der Waals surface area contributed by atoms with E-state index in [-0.39, 0.29) is 21.5 Å². The number of nitrogens with one attached hydrogen (secondary N) is 1. The van der Waals surface area contributed by atoms with Crippen molar-refractivity contribution in [1.29, 1.82) is 0 Å². The van der Waals surface area contributed by atoms with E-state index in [4.69, 9.17) is 16.3 Å². The van der Waals surface area contributed by atoms with Crippen LogP contribution in [-0.4, -0.2) is 50.8 Å². The summed E-state index contributed by atoms with van der Waals surface area (Å²) in [4.78, 5) is 23.7. The third kappa shape index (κ3) is 4.93. The van der Waals surface area contributed by atoms with Gasteiger partial charge in [0.25, 0.3) is 5.91 Å². The summed E-state index contributed by atoms with van der Waals surface area (Å²) in [6.45, 7) is 5.00. The monoisotopic (exact) mass is 376 g/mol. The smallest absolute Gasteiger partial charge is 0.338 e. The van der Waals surface area contributed by atoms with Crippen molar-refractivity contribution in [3.63, 3.8) is 0 Å². The summed E-state index contributed by atoms with van der Waals surface area (Å²) in [7, 11) is -1.10. The standard InChI is InChI=1S/C15H21ClN2O5S/c1-9(2)17-14(19)10(3)23-15(20)11-6-7-12(16)13(8-11)24(21,22)18(4)5/h6-10H,1-5H3,(H,17,19). The van der Waals surface area contributed by atoms with E-state index >= 15 is 0 Å². The van der Waals surface area contributed by atoms with Crippen LogP contribution in [0.15, 0.2) is 23.1 Å². The number of carbonyl (C=O) groups is 2. The van der Waals surface area contributed by atoms with Gasteiger partial charge in [-0.15, -0.1) is 0 Å². The van der Waals surface area contributed by atoms with Crippen LogP contribution in [0.25, 0.3) is 0 Å². The maximum absolute atomic E-state index is 12.2. The van der Waals surface area contributed by atoms with Crippen molar-refractivity contribution in [2.75, 3.05) is 14.1 Å². The molecule has 1 amide bonds. The van der Waals surface area contributed by atoms with Crippen molar-refractivity contribution in [1.82, 2.24) is 9.62 Å². The third-order valence-corrected chi connectivity index (χ3v) is 5.31. The first-order valence-electron chi connectivity index (χ1n) is 7.20. The molecule has 0 saturated carbocycles. The zero-order chi connectivity index (χ0) is 18.7. The highest BCUT2D eigenvalue weighted by molar-refractivity contribution is 7.89. The number of amides is 1. The van der Waals surface area contributed by atoms with E-state index in [2.05, 4.69) is 5.32 Å². The summed E-state index contributed by atoms with van der Waals surface area (Å²) >= 11 is 5.92. The van der Waals surface area contributed by atoms with Gasteiger partial charge in [-0.3, -0.25) is 4.79 Å². The molecule has 1 unspecified atom stereocenters. The van der Waals surface area contributed by atoms with Crippen molar-refractivity contribution in [2.45, 2.75) is 37.8 Å². The van der Waals surface area contributed by atoms with Crippen LogP contribution in [0.4, 0.5) is 0 Å². The van der Waals surface area contributed by atoms with E-state index in [9.17, 15) is 18.0 Å². The Morgan fingerprint density at radius 1 is 1.21 bits per heavy atom. The van der Waals surface area contributed by atoms with E-state index in [0.29, 0.717) is 0 Å². The molecule has 0 heterocycles. The molecule has 1 N–H and O–H groups in total. The fourth-order valence-electron chi connectivity index (χ4n) is 1.71. The van der Waals surface area contributed by atoms with Crippen LogP contribution in [-0.2, 0) is 19.6 Å². The normalized spacial score (nSPS) is 13.0. The fourth-order valence-corrected chi connectivity index (χ4v) is 3.10. The number of benzene rings is 1. The highest BCUT2D eigenvalue weighted by Gasteiger charge is 2.24. The van der Waals surface area contributed by atoms with E-state index in [1.54, 1.807) is 13.8 Å². The summed E-state index contributed by atoms with van der Waals surface area (Å²) in [5, 5.41) is 2.61. The number of carbonyl (C=O) groups excluding carboxylic acids is 2. The molecule has 0 fully saturated rings. The minimum atomic E-state index is -3.81. The molecule has 1 rings (SSSR count). The largest absolute Gasteiger partial charge is 0.449 e. The molecule has 0 aromatic heterocycles. The van der Waals surface area contributed by atoms with Gasteiger partial charge in [-0.2, -0.15) is 0 Å². The number of ether oxygens (including phenoxy) is 1. The molecule has 1 aromatic rings. The number of rotatable bonds is 6. The van der Waals surface area contributed by atoms with Gasteiger partial charge in [0.05, 0.1) is 10.6 Å². The lowest BCUT2D eigenvalue weighted by molar-refractivity contribution is -0.129. The molecule has 0 saturated heterocycles. The van der Waals surface area contributed by atoms with E-state index < -0.39 is 28.0 Å². The zero-order valence-corrected chi connectivity index (χ0v) is 15.7. The van der Waals surface area contributed by atoms with Gasteiger partial charge < -0.3 is 10.1 Å². The van der Waals surface area contributed by atoms with Crippen molar-refractivity contribution in [2.24, 2.45) is 0 Å². The van der Waals surface area contributed by atoms with Crippen LogP contribution in [0.3, 0.4) is 0 Å². The number of esters is 1. The Labute approximate surface area is 147 Å². The molecule has 0 aliphatic heterocycles. The van der Waals surface area contributed by atoms with Gasteiger partial charge in [0.1, 0.15) is 4.90 Å². The van der Waals surface area contributed by atoms with Crippen LogP contribution >= 0.6 is 11.6 Å². The number of halogens is 1. The maximum Gasteiger partial charge on any atom is 0.338 e. The van der Waals surface area contributed by atoms with E-state index in [0.717, 1.165) is 10.4 Å². The van der Waals surface area contributed by atoms with Gasteiger partial charge in [0.15, 0.2) is 6.10 Å². The quantitative estimate of drug-likeness (QED) is 0.762. The molecule has 134 valence electrons. The summed E-state index contributed by atoms with van der Waals surface area (Å²) in [6.07, 6.45) is -1.01. The van der Waals surface area contributed by atoms with Gasteiger partial charge in [0.2, 0.25) is 10.0 Å². The van der Waals surface area contributed by atoms with Crippen LogP contribution < -0.4 is 5.32 Å². The molecule has 0 aliphatic rings. The number of sulfonamides is 1. The summed E-state index contributed by atoms with van der Waals surface area (Å²) in [6, 6.07) is 3.68. The fraction of sp³-hybridized carbons (Fsp3) is 0.467. The summed E-state index contributed by atoms with van der Waals surface area (Å²) < 4.78 is 30.5. The molecule has 0 radical (unpaired) electrons. The number of hydrogen-bond acceptors (Lipinski definition) is 5. The second-order valence-corrected chi connectivity index (χ2v) is 8.17. The molecule has 0 bridgehead atoms. The molecule has 9 heteroatoms. The van der Waals surface area contributed by atoms with E-state index in [1.165, 1.54) is 33.2 Å². The third-order valence-electron chi connectivity index (χ3n) is 3.01. The SMILES string of the molecule is CC(C)NC(=O)C(C)OC(=O)c1ccc(Cl)c(S(=O)(=O)N(C)C)c1. The van der Waals surface area contributed by atoms with E-state index in [1.807, 2.05) is 0 Å². The topological polar surface area (TPSA) is 92.8 Å². The molecular weight excluding hydrogens is 356 g/mol. The van der Waals surface area contributed by atoms with Gasteiger partial charge in [-0.1, -0.05) is 11.6 Å². The average Bonchev–Trinajstić information content (AvgIpc) is 2.46.